The smallest absolute Gasteiger partial charge is 0.258 e. The van der Waals surface area contributed by atoms with Gasteiger partial charge in [-0.1, -0.05) is 48.0 Å². The number of rotatable bonds is 5. The fraction of sp³-hybridized carbons (Fsp3) is 0.0800. The zero-order valence-electron chi connectivity index (χ0n) is 17.4. The lowest BCUT2D eigenvalue weighted by molar-refractivity contribution is 0.102. The average molecular weight is 423 g/mol. The quantitative estimate of drug-likeness (QED) is 0.393. The van der Waals surface area contributed by atoms with E-state index in [1.54, 1.807) is 16.9 Å². The summed E-state index contributed by atoms with van der Waals surface area (Å²) in [6.45, 7) is 2.62. The third kappa shape index (κ3) is 3.96. The Kier molecular flexibility index (Phi) is 4.91. The predicted octanol–water partition coefficient (Wildman–Crippen LogP) is 4.33. The summed E-state index contributed by atoms with van der Waals surface area (Å²) in [4.78, 5) is 31.1. The predicted molar refractivity (Wildman–Crippen MR) is 125 cm³/mol. The Labute approximate surface area is 183 Å². The first-order valence-corrected chi connectivity index (χ1v) is 10.3. The zero-order chi connectivity index (χ0) is 22.1. The van der Waals surface area contributed by atoms with Gasteiger partial charge in [-0.2, -0.15) is 5.10 Å². The number of carbonyl (C=O) groups excluding carboxylic acids is 1. The van der Waals surface area contributed by atoms with Gasteiger partial charge >= 0.3 is 0 Å². The van der Waals surface area contributed by atoms with E-state index in [-0.39, 0.29) is 11.5 Å². The molecule has 0 unspecified atom stereocenters. The molecule has 0 atom stereocenters. The number of nitrogens with zero attached hydrogens (tertiary/aromatic N) is 2. The van der Waals surface area contributed by atoms with Crippen LogP contribution < -0.4 is 10.9 Å². The number of pyridine rings is 1. The van der Waals surface area contributed by atoms with Crippen LogP contribution in [0.25, 0.3) is 22.2 Å². The molecule has 0 fully saturated rings. The van der Waals surface area contributed by atoms with Crippen LogP contribution in [0.4, 0.5) is 5.69 Å². The first-order chi connectivity index (χ1) is 15.5. The third-order valence-electron chi connectivity index (χ3n) is 5.34. The molecule has 3 heterocycles. The maximum atomic E-state index is 12.7. The van der Waals surface area contributed by atoms with Gasteiger partial charge < -0.3 is 15.3 Å². The van der Waals surface area contributed by atoms with E-state index in [9.17, 15) is 9.59 Å². The first kappa shape index (κ1) is 19.6. The highest BCUT2D eigenvalue weighted by Gasteiger charge is 2.13. The Morgan fingerprint density at radius 1 is 1.09 bits per heavy atom. The zero-order valence-corrected chi connectivity index (χ0v) is 17.4. The molecule has 158 valence electrons. The molecule has 7 nitrogen and oxygen atoms in total. The molecule has 32 heavy (non-hydrogen) atoms. The molecule has 3 aromatic heterocycles. The summed E-state index contributed by atoms with van der Waals surface area (Å²) in [5.74, 6) is -0.296. The lowest BCUT2D eigenvalue weighted by Gasteiger charge is -2.05. The van der Waals surface area contributed by atoms with Crippen LogP contribution in [0.5, 0.6) is 0 Å². The van der Waals surface area contributed by atoms with Gasteiger partial charge in [0.1, 0.15) is 0 Å². The number of aromatic amines is 2. The minimum atomic E-state index is -0.296. The number of carbonyl (C=O) groups is 1. The van der Waals surface area contributed by atoms with Crippen LogP contribution in [-0.4, -0.2) is 25.7 Å². The van der Waals surface area contributed by atoms with E-state index >= 15 is 0 Å². The summed E-state index contributed by atoms with van der Waals surface area (Å²) in [5.41, 5.74) is 5.09. The number of aromatic nitrogens is 4. The number of amides is 1. The van der Waals surface area contributed by atoms with Crippen LogP contribution in [-0.2, 0) is 6.54 Å². The van der Waals surface area contributed by atoms with Crippen LogP contribution in [0, 0.1) is 6.92 Å². The highest BCUT2D eigenvalue weighted by atomic mass is 16.1. The van der Waals surface area contributed by atoms with E-state index in [4.69, 9.17) is 0 Å². The summed E-state index contributed by atoms with van der Waals surface area (Å²) >= 11 is 0. The maximum absolute atomic E-state index is 12.7. The minimum absolute atomic E-state index is 0.236. The average Bonchev–Trinajstić information content (AvgIpc) is 3.44. The van der Waals surface area contributed by atoms with Crippen LogP contribution in [0.2, 0.25) is 0 Å². The van der Waals surface area contributed by atoms with Gasteiger partial charge in [-0.3, -0.25) is 14.3 Å². The number of benzene rings is 2. The maximum Gasteiger partial charge on any atom is 0.258 e. The van der Waals surface area contributed by atoms with Gasteiger partial charge in [0.2, 0.25) is 0 Å². The fourth-order valence-corrected chi connectivity index (χ4v) is 3.63. The van der Waals surface area contributed by atoms with Crippen LogP contribution >= 0.6 is 0 Å². The molecular weight excluding hydrogens is 402 g/mol. The van der Waals surface area contributed by atoms with Gasteiger partial charge in [-0.15, -0.1) is 0 Å². The van der Waals surface area contributed by atoms with Gasteiger partial charge in [-0.05, 0) is 30.7 Å². The van der Waals surface area contributed by atoms with E-state index < -0.39 is 0 Å². The molecule has 0 saturated carbocycles. The molecule has 5 rings (SSSR count). The molecule has 0 saturated heterocycles. The number of H-pyrrole nitrogens is 2. The van der Waals surface area contributed by atoms with Crippen molar-refractivity contribution in [3.63, 3.8) is 0 Å². The van der Waals surface area contributed by atoms with Crippen molar-refractivity contribution in [2.45, 2.75) is 13.5 Å². The van der Waals surface area contributed by atoms with Crippen LogP contribution in [0.1, 0.15) is 21.5 Å². The second-order valence-corrected chi connectivity index (χ2v) is 7.77. The molecule has 7 heteroatoms. The SMILES string of the molecule is Cc1ccc(Cn2cc(C(=O)Nc3c[nH]c(=O)c(-c4cc5ccccc5[nH]4)c3)cn2)cc1. The normalized spacial score (nSPS) is 11.0. The van der Waals surface area contributed by atoms with E-state index in [0.29, 0.717) is 29.1 Å². The molecule has 3 N–H and O–H groups in total. The molecule has 5 aromatic rings. The molecule has 0 radical (unpaired) electrons. The van der Waals surface area contributed by atoms with Crippen LogP contribution in [0.3, 0.4) is 0 Å². The van der Waals surface area contributed by atoms with Gasteiger partial charge in [0, 0.05) is 23.3 Å². The second-order valence-electron chi connectivity index (χ2n) is 7.77. The number of nitrogens with one attached hydrogen (secondary N) is 3. The Morgan fingerprint density at radius 3 is 2.72 bits per heavy atom. The summed E-state index contributed by atoms with van der Waals surface area (Å²) < 4.78 is 1.72. The molecule has 0 aliphatic rings. The van der Waals surface area contributed by atoms with Crippen molar-refractivity contribution in [1.29, 1.82) is 0 Å². The van der Waals surface area contributed by atoms with Crippen molar-refractivity contribution in [3.05, 3.63) is 106 Å². The standard InChI is InChI=1S/C25H21N5O2/c1-16-6-8-17(9-7-16)14-30-15-19(12-27-30)24(31)28-20-11-21(25(32)26-13-20)23-10-18-4-2-3-5-22(18)29-23/h2-13,15,29H,14H2,1H3,(H,26,32)(H,28,31). The van der Waals surface area contributed by atoms with Crippen molar-refractivity contribution in [1.82, 2.24) is 19.7 Å². The molecule has 0 aliphatic carbocycles. The molecular formula is C25H21N5O2. The summed E-state index contributed by atoms with van der Waals surface area (Å²) in [7, 11) is 0. The monoisotopic (exact) mass is 423 g/mol. The Balaban J connectivity index is 1.34. The highest BCUT2D eigenvalue weighted by Crippen LogP contribution is 2.23. The topological polar surface area (TPSA) is 95.6 Å². The molecule has 1 amide bonds. The number of aryl methyl sites for hydroxylation is 1. The largest absolute Gasteiger partial charge is 0.354 e. The van der Waals surface area contributed by atoms with Gasteiger partial charge in [0.15, 0.2) is 0 Å². The molecule has 0 aliphatic heterocycles. The summed E-state index contributed by atoms with van der Waals surface area (Å²) in [6.07, 6.45) is 4.73. The lowest BCUT2D eigenvalue weighted by Crippen LogP contribution is -2.15. The third-order valence-corrected chi connectivity index (χ3v) is 5.34. The van der Waals surface area contributed by atoms with Crippen molar-refractivity contribution < 1.29 is 4.79 Å². The highest BCUT2D eigenvalue weighted by molar-refractivity contribution is 6.04. The Morgan fingerprint density at radius 2 is 1.91 bits per heavy atom. The van der Waals surface area contributed by atoms with Gasteiger partial charge in [-0.25, -0.2) is 0 Å². The number of para-hydroxylation sites is 1. The van der Waals surface area contributed by atoms with Gasteiger partial charge in [0.05, 0.1) is 35.2 Å². The van der Waals surface area contributed by atoms with E-state index in [1.165, 1.54) is 18.0 Å². The van der Waals surface area contributed by atoms with Crippen LogP contribution in [0.15, 0.2) is 84.0 Å². The van der Waals surface area contributed by atoms with Crippen molar-refractivity contribution >= 4 is 22.5 Å². The van der Waals surface area contributed by atoms with Crippen molar-refractivity contribution in [2.75, 3.05) is 5.32 Å². The fourth-order valence-electron chi connectivity index (χ4n) is 3.63. The van der Waals surface area contributed by atoms with E-state index in [2.05, 4.69) is 20.4 Å². The molecule has 0 spiro atoms. The van der Waals surface area contributed by atoms with E-state index in [0.717, 1.165) is 16.5 Å². The summed E-state index contributed by atoms with van der Waals surface area (Å²) in [6, 6.07) is 19.6. The Hall–Kier alpha value is -4.39. The number of hydrogen-bond donors (Lipinski definition) is 3. The summed E-state index contributed by atoms with van der Waals surface area (Å²) in [5, 5.41) is 8.14. The van der Waals surface area contributed by atoms with Gasteiger partial charge in [0.25, 0.3) is 11.5 Å². The number of anilines is 1. The van der Waals surface area contributed by atoms with Crippen molar-refractivity contribution in [3.8, 4) is 11.3 Å². The first-order valence-electron chi connectivity index (χ1n) is 10.3. The molecule has 2 aromatic carbocycles. The van der Waals surface area contributed by atoms with E-state index in [1.807, 2.05) is 61.5 Å². The minimum Gasteiger partial charge on any atom is -0.354 e. The molecule has 0 bridgehead atoms. The lowest BCUT2D eigenvalue weighted by atomic mass is 10.1. The second kappa shape index (κ2) is 8.03. The number of hydrogen-bond acceptors (Lipinski definition) is 3. The Bertz CT molecular complexity index is 1440. The number of fused-ring (bicyclic) bond motifs is 1. The van der Waals surface area contributed by atoms with Crippen molar-refractivity contribution in [2.24, 2.45) is 0 Å².